The summed E-state index contributed by atoms with van der Waals surface area (Å²) in [4.78, 5) is 32.4. The number of carbonyl (C=O) groups excluding carboxylic acids is 2. The fourth-order valence-corrected chi connectivity index (χ4v) is 2.83. The van der Waals surface area contributed by atoms with Crippen LogP contribution in [0.4, 0.5) is 17.2 Å². The molecule has 0 saturated heterocycles. The summed E-state index contributed by atoms with van der Waals surface area (Å²) >= 11 is 0. The van der Waals surface area contributed by atoms with Crippen molar-refractivity contribution < 1.29 is 9.59 Å². The summed E-state index contributed by atoms with van der Waals surface area (Å²) in [5.74, 6) is 0.588. The van der Waals surface area contributed by atoms with Crippen molar-refractivity contribution in [3.63, 3.8) is 0 Å². The van der Waals surface area contributed by atoms with Gasteiger partial charge in [-0.3, -0.25) is 9.59 Å². The summed E-state index contributed by atoms with van der Waals surface area (Å²) in [5, 5.41) is 8.73. The van der Waals surface area contributed by atoms with Gasteiger partial charge in [-0.05, 0) is 37.1 Å². The van der Waals surface area contributed by atoms with E-state index in [2.05, 4.69) is 38.1 Å². The first-order chi connectivity index (χ1) is 14.0. The van der Waals surface area contributed by atoms with Crippen molar-refractivity contribution in [1.82, 2.24) is 9.97 Å². The van der Waals surface area contributed by atoms with E-state index in [-0.39, 0.29) is 17.5 Å². The van der Waals surface area contributed by atoms with Gasteiger partial charge < -0.3 is 16.0 Å². The van der Waals surface area contributed by atoms with E-state index in [4.69, 9.17) is 0 Å². The van der Waals surface area contributed by atoms with Crippen LogP contribution < -0.4 is 16.0 Å². The molecule has 0 saturated carbocycles. The number of benzene rings is 2. The number of aryl methyl sites for hydroxylation is 1. The molecule has 1 heterocycles. The maximum Gasteiger partial charge on any atom is 0.274 e. The van der Waals surface area contributed by atoms with Gasteiger partial charge in [-0.1, -0.05) is 36.4 Å². The molecule has 0 bridgehead atoms. The van der Waals surface area contributed by atoms with Gasteiger partial charge in [-0.15, -0.1) is 0 Å². The summed E-state index contributed by atoms with van der Waals surface area (Å²) in [6.45, 7) is 3.87. The number of nitrogens with one attached hydrogen (secondary N) is 3. The largest absolute Gasteiger partial charge is 0.370 e. The SMILES string of the molecule is CC(=O)Nc1cccc(NC(=O)c2cc(NCCc3ccccc3)nc(C)n2)c1. The predicted molar refractivity (Wildman–Crippen MR) is 114 cm³/mol. The van der Waals surface area contributed by atoms with Gasteiger partial charge >= 0.3 is 0 Å². The summed E-state index contributed by atoms with van der Waals surface area (Å²) in [7, 11) is 0. The van der Waals surface area contributed by atoms with Crippen molar-refractivity contribution in [3.05, 3.63) is 77.7 Å². The topological polar surface area (TPSA) is 96.0 Å². The molecule has 0 aliphatic heterocycles. The van der Waals surface area contributed by atoms with Gasteiger partial charge in [0.15, 0.2) is 0 Å². The minimum atomic E-state index is -0.346. The second-order valence-corrected chi connectivity index (χ2v) is 6.56. The second kappa shape index (κ2) is 9.45. The van der Waals surface area contributed by atoms with Crippen LogP contribution in [0.2, 0.25) is 0 Å². The highest BCUT2D eigenvalue weighted by molar-refractivity contribution is 6.03. The third kappa shape index (κ3) is 6.14. The lowest BCUT2D eigenvalue weighted by molar-refractivity contribution is -0.114. The quantitative estimate of drug-likeness (QED) is 0.573. The van der Waals surface area contributed by atoms with Crippen molar-refractivity contribution in [2.24, 2.45) is 0 Å². The Balaban J connectivity index is 1.65. The van der Waals surface area contributed by atoms with Crippen LogP contribution >= 0.6 is 0 Å². The van der Waals surface area contributed by atoms with Gasteiger partial charge in [0, 0.05) is 30.9 Å². The smallest absolute Gasteiger partial charge is 0.274 e. The Labute approximate surface area is 169 Å². The standard InChI is InChI=1S/C22H23N5O2/c1-15-24-20(14-21(25-15)23-12-11-17-7-4-3-5-8-17)22(29)27-19-10-6-9-18(13-19)26-16(2)28/h3-10,13-14H,11-12H2,1-2H3,(H,26,28)(H,27,29)(H,23,24,25). The van der Waals surface area contributed by atoms with E-state index in [0.29, 0.717) is 29.6 Å². The van der Waals surface area contributed by atoms with Gasteiger partial charge in [0.05, 0.1) is 0 Å². The molecule has 0 radical (unpaired) electrons. The molecule has 0 atom stereocenters. The Morgan fingerprint density at radius 1 is 0.897 bits per heavy atom. The Bertz CT molecular complexity index is 1010. The Hall–Kier alpha value is -3.74. The lowest BCUT2D eigenvalue weighted by Gasteiger charge is -2.10. The number of nitrogens with zero attached hydrogens (tertiary/aromatic N) is 2. The molecule has 2 aromatic carbocycles. The Kier molecular flexibility index (Phi) is 6.52. The zero-order valence-electron chi connectivity index (χ0n) is 16.4. The zero-order chi connectivity index (χ0) is 20.6. The summed E-state index contributed by atoms with van der Waals surface area (Å²) in [5.41, 5.74) is 2.67. The second-order valence-electron chi connectivity index (χ2n) is 6.56. The number of carbonyl (C=O) groups is 2. The molecule has 0 unspecified atom stereocenters. The fraction of sp³-hybridized carbons (Fsp3) is 0.182. The van der Waals surface area contributed by atoms with Crippen LogP contribution in [-0.2, 0) is 11.2 Å². The first-order valence-electron chi connectivity index (χ1n) is 9.32. The third-order valence-electron chi connectivity index (χ3n) is 4.07. The Morgan fingerprint density at radius 2 is 1.62 bits per heavy atom. The summed E-state index contributed by atoms with van der Waals surface area (Å²) in [6.07, 6.45) is 0.849. The molecule has 0 aliphatic carbocycles. The van der Waals surface area contributed by atoms with Crippen molar-refractivity contribution in [2.75, 3.05) is 22.5 Å². The van der Waals surface area contributed by atoms with Crippen LogP contribution in [0.25, 0.3) is 0 Å². The van der Waals surface area contributed by atoms with Crippen molar-refractivity contribution in [2.45, 2.75) is 20.3 Å². The van der Waals surface area contributed by atoms with E-state index in [9.17, 15) is 9.59 Å². The first kappa shape index (κ1) is 20.0. The highest BCUT2D eigenvalue weighted by Gasteiger charge is 2.11. The molecule has 0 aliphatic rings. The fourth-order valence-electron chi connectivity index (χ4n) is 2.83. The molecular formula is C22H23N5O2. The monoisotopic (exact) mass is 389 g/mol. The summed E-state index contributed by atoms with van der Waals surface area (Å²) < 4.78 is 0. The van der Waals surface area contributed by atoms with E-state index in [1.165, 1.54) is 12.5 Å². The van der Waals surface area contributed by atoms with Crippen LogP contribution in [0, 0.1) is 6.92 Å². The number of aromatic nitrogens is 2. The van der Waals surface area contributed by atoms with E-state index in [1.807, 2.05) is 18.2 Å². The van der Waals surface area contributed by atoms with Crippen LogP contribution in [0.15, 0.2) is 60.7 Å². The highest BCUT2D eigenvalue weighted by Crippen LogP contribution is 2.16. The first-order valence-corrected chi connectivity index (χ1v) is 9.32. The third-order valence-corrected chi connectivity index (χ3v) is 4.07. The Morgan fingerprint density at radius 3 is 2.34 bits per heavy atom. The van der Waals surface area contributed by atoms with Crippen LogP contribution in [0.5, 0.6) is 0 Å². The molecule has 3 N–H and O–H groups in total. The minimum Gasteiger partial charge on any atom is -0.370 e. The average Bonchev–Trinajstić information content (AvgIpc) is 2.68. The van der Waals surface area contributed by atoms with Crippen LogP contribution in [-0.4, -0.2) is 28.3 Å². The molecule has 1 aromatic heterocycles. The van der Waals surface area contributed by atoms with Gasteiger partial charge in [0.1, 0.15) is 17.3 Å². The van der Waals surface area contributed by atoms with E-state index in [0.717, 1.165) is 6.42 Å². The number of anilines is 3. The lowest BCUT2D eigenvalue weighted by Crippen LogP contribution is -2.16. The molecule has 7 heteroatoms. The summed E-state index contributed by atoms with van der Waals surface area (Å²) in [6, 6.07) is 18.7. The van der Waals surface area contributed by atoms with Gasteiger partial charge in [0.25, 0.3) is 5.91 Å². The average molecular weight is 389 g/mol. The van der Waals surface area contributed by atoms with Crippen molar-refractivity contribution in [1.29, 1.82) is 0 Å². The maximum absolute atomic E-state index is 12.6. The molecular weight excluding hydrogens is 366 g/mol. The normalized spacial score (nSPS) is 10.3. The van der Waals surface area contributed by atoms with E-state index in [1.54, 1.807) is 37.3 Å². The molecule has 2 amide bonds. The maximum atomic E-state index is 12.6. The van der Waals surface area contributed by atoms with E-state index >= 15 is 0 Å². The molecule has 0 spiro atoms. The minimum absolute atomic E-state index is 0.175. The molecule has 0 fully saturated rings. The number of rotatable bonds is 7. The zero-order valence-corrected chi connectivity index (χ0v) is 16.4. The number of hydrogen-bond donors (Lipinski definition) is 3. The highest BCUT2D eigenvalue weighted by atomic mass is 16.2. The lowest BCUT2D eigenvalue weighted by atomic mass is 10.1. The molecule has 29 heavy (non-hydrogen) atoms. The number of hydrogen-bond acceptors (Lipinski definition) is 5. The molecule has 3 aromatic rings. The molecule has 7 nitrogen and oxygen atoms in total. The van der Waals surface area contributed by atoms with Crippen LogP contribution in [0.1, 0.15) is 28.8 Å². The molecule has 148 valence electrons. The van der Waals surface area contributed by atoms with Crippen molar-refractivity contribution >= 4 is 29.0 Å². The predicted octanol–water partition coefficient (Wildman–Crippen LogP) is 3.65. The molecule has 3 rings (SSSR count). The van der Waals surface area contributed by atoms with Gasteiger partial charge in [-0.2, -0.15) is 0 Å². The van der Waals surface area contributed by atoms with Crippen LogP contribution in [0.3, 0.4) is 0 Å². The van der Waals surface area contributed by atoms with Crippen molar-refractivity contribution in [3.8, 4) is 0 Å². The van der Waals surface area contributed by atoms with E-state index < -0.39 is 0 Å². The van der Waals surface area contributed by atoms with Gasteiger partial charge in [-0.25, -0.2) is 9.97 Å². The van der Waals surface area contributed by atoms with Gasteiger partial charge in [0.2, 0.25) is 5.91 Å². The number of amides is 2.